The molecule has 1 aliphatic rings. The first-order valence-corrected chi connectivity index (χ1v) is 8.98. The van der Waals surface area contributed by atoms with E-state index in [9.17, 15) is 4.79 Å². The van der Waals surface area contributed by atoms with Crippen molar-refractivity contribution in [2.75, 3.05) is 6.54 Å². The van der Waals surface area contributed by atoms with Crippen LogP contribution >= 0.6 is 0 Å². The van der Waals surface area contributed by atoms with Gasteiger partial charge < -0.3 is 4.90 Å². The number of rotatable bonds is 4. The summed E-state index contributed by atoms with van der Waals surface area (Å²) in [4.78, 5) is 28.0. The number of aryl methyl sites for hydroxylation is 2. The standard InChI is InChI=1S/C20H23N5O/c1-13(2)4-7-19-22-11-16-12-25(9-8-17(16)24-19)20(26)18-6-5-15(10-21)14(3)23-18/h5-6,11,13H,4,7-9,12H2,1-3H3. The third-order valence-electron chi connectivity index (χ3n) is 4.64. The van der Waals surface area contributed by atoms with Gasteiger partial charge in [-0.25, -0.2) is 15.0 Å². The van der Waals surface area contributed by atoms with Crippen LogP contribution < -0.4 is 0 Å². The molecule has 0 unspecified atom stereocenters. The van der Waals surface area contributed by atoms with Gasteiger partial charge in [-0.1, -0.05) is 13.8 Å². The molecule has 0 saturated carbocycles. The molecule has 3 heterocycles. The maximum atomic E-state index is 12.7. The van der Waals surface area contributed by atoms with Gasteiger partial charge in [0.25, 0.3) is 5.91 Å². The van der Waals surface area contributed by atoms with Gasteiger partial charge in [0.2, 0.25) is 0 Å². The fraction of sp³-hybridized carbons (Fsp3) is 0.450. The molecule has 1 aliphatic heterocycles. The van der Waals surface area contributed by atoms with Gasteiger partial charge >= 0.3 is 0 Å². The maximum Gasteiger partial charge on any atom is 0.272 e. The molecule has 26 heavy (non-hydrogen) atoms. The Balaban J connectivity index is 1.73. The summed E-state index contributed by atoms with van der Waals surface area (Å²) in [6.45, 7) is 7.25. The number of hydrogen-bond donors (Lipinski definition) is 0. The minimum atomic E-state index is -0.118. The molecule has 6 nitrogen and oxygen atoms in total. The minimum Gasteiger partial charge on any atom is -0.332 e. The van der Waals surface area contributed by atoms with Gasteiger partial charge in [0.15, 0.2) is 0 Å². The summed E-state index contributed by atoms with van der Waals surface area (Å²) in [7, 11) is 0. The van der Waals surface area contributed by atoms with Crippen molar-refractivity contribution in [3.05, 3.63) is 52.4 Å². The van der Waals surface area contributed by atoms with Crippen molar-refractivity contribution < 1.29 is 4.79 Å². The average molecular weight is 349 g/mol. The SMILES string of the molecule is Cc1nc(C(=O)N2CCc3nc(CCC(C)C)ncc3C2)ccc1C#N. The third kappa shape index (κ3) is 3.88. The minimum absolute atomic E-state index is 0.118. The van der Waals surface area contributed by atoms with Gasteiger partial charge in [-0.2, -0.15) is 5.26 Å². The van der Waals surface area contributed by atoms with Crippen molar-refractivity contribution in [2.24, 2.45) is 5.92 Å². The lowest BCUT2D eigenvalue weighted by molar-refractivity contribution is 0.0727. The molecule has 134 valence electrons. The van der Waals surface area contributed by atoms with E-state index in [0.717, 1.165) is 36.3 Å². The van der Waals surface area contributed by atoms with E-state index < -0.39 is 0 Å². The summed E-state index contributed by atoms with van der Waals surface area (Å²) in [5.74, 6) is 1.40. The van der Waals surface area contributed by atoms with E-state index in [4.69, 9.17) is 5.26 Å². The maximum absolute atomic E-state index is 12.7. The molecule has 0 spiro atoms. The van der Waals surface area contributed by atoms with E-state index in [1.54, 1.807) is 24.0 Å². The summed E-state index contributed by atoms with van der Waals surface area (Å²) < 4.78 is 0. The number of pyridine rings is 1. The van der Waals surface area contributed by atoms with Gasteiger partial charge in [-0.3, -0.25) is 4.79 Å². The van der Waals surface area contributed by atoms with Crippen LogP contribution in [0.1, 0.15) is 59.1 Å². The predicted octanol–water partition coefficient (Wildman–Crippen LogP) is 2.84. The Hall–Kier alpha value is -2.81. The molecule has 0 N–H and O–H groups in total. The van der Waals surface area contributed by atoms with Gasteiger partial charge in [-0.05, 0) is 31.4 Å². The van der Waals surface area contributed by atoms with Gasteiger partial charge in [0.1, 0.15) is 17.6 Å². The van der Waals surface area contributed by atoms with Crippen molar-refractivity contribution in [3.8, 4) is 6.07 Å². The monoisotopic (exact) mass is 349 g/mol. The first-order chi connectivity index (χ1) is 12.5. The highest BCUT2D eigenvalue weighted by Crippen LogP contribution is 2.19. The van der Waals surface area contributed by atoms with Crippen LogP contribution in [-0.4, -0.2) is 32.3 Å². The Kier molecular flexibility index (Phi) is 5.27. The Morgan fingerprint density at radius 2 is 2.15 bits per heavy atom. The number of fused-ring (bicyclic) bond motifs is 1. The largest absolute Gasteiger partial charge is 0.332 e. The molecule has 2 aromatic rings. The van der Waals surface area contributed by atoms with E-state index in [-0.39, 0.29) is 5.91 Å². The molecule has 3 rings (SSSR count). The van der Waals surface area contributed by atoms with Gasteiger partial charge in [0, 0.05) is 37.7 Å². The summed E-state index contributed by atoms with van der Waals surface area (Å²) in [6.07, 6.45) is 4.55. The third-order valence-corrected chi connectivity index (χ3v) is 4.64. The molecule has 2 aromatic heterocycles. The van der Waals surface area contributed by atoms with E-state index >= 15 is 0 Å². The van der Waals surface area contributed by atoms with Crippen LogP contribution in [-0.2, 0) is 19.4 Å². The zero-order valence-corrected chi connectivity index (χ0v) is 15.5. The fourth-order valence-corrected chi connectivity index (χ4v) is 3.03. The molecule has 0 atom stereocenters. The second kappa shape index (κ2) is 7.61. The Bertz CT molecular complexity index is 869. The number of hydrogen-bond acceptors (Lipinski definition) is 5. The quantitative estimate of drug-likeness (QED) is 0.847. The summed E-state index contributed by atoms with van der Waals surface area (Å²) in [5, 5.41) is 9.00. The fourth-order valence-electron chi connectivity index (χ4n) is 3.03. The van der Waals surface area contributed by atoms with Gasteiger partial charge in [-0.15, -0.1) is 0 Å². The molecule has 0 radical (unpaired) electrons. The molecular weight excluding hydrogens is 326 g/mol. The Morgan fingerprint density at radius 3 is 2.85 bits per heavy atom. The van der Waals surface area contributed by atoms with Crippen molar-refractivity contribution in [3.63, 3.8) is 0 Å². The van der Waals surface area contributed by atoms with Crippen molar-refractivity contribution >= 4 is 5.91 Å². The predicted molar refractivity (Wildman–Crippen MR) is 97.3 cm³/mol. The molecule has 0 fully saturated rings. The van der Waals surface area contributed by atoms with E-state index in [0.29, 0.717) is 36.0 Å². The van der Waals surface area contributed by atoms with E-state index in [2.05, 4.69) is 34.9 Å². The summed E-state index contributed by atoms with van der Waals surface area (Å²) >= 11 is 0. The van der Waals surface area contributed by atoms with Crippen LogP contribution in [0.4, 0.5) is 0 Å². The van der Waals surface area contributed by atoms with Gasteiger partial charge in [0.05, 0.1) is 17.0 Å². The summed E-state index contributed by atoms with van der Waals surface area (Å²) in [6, 6.07) is 5.34. The molecule has 0 bridgehead atoms. The Labute approximate surface area is 153 Å². The number of aromatic nitrogens is 3. The highest BCUT2D eigenvalue weighted by atomic mass is 16.2. The molecule has 1 amide bonds. The molecule has 6 heteroatoms. The first-order valence-electron chi connectivity index (χ1n) is 8.98. The molecule has 0 aliphatic carbocycles. The average Bonchev–Trinajstić information content (AvgIpc) is 2.65. The second-order valence-corrected chi connectivity index (χ2v) is 7.11. The molecular formula is C20H23N5O. The highest BCUT2D eigenvalue weighted by Gasteiger charge is 2.24. The molecule has 0 aromatic carbocycles. The number of nitriles is 1. The lowest BCUT2D eigenvalue weighted by Gasteiger charge is -2.28. The van der Waals surface area contributed by atoms with E-state index in [1.165, 1.54) is 0 Å². The van der Waals surface area contributed by atoms with Crippen LogP contribution in [0.5, 0.6) is 0 Å². The van der Waals surface area contributed by atoms with E-state index in [1.807, 2.05) is 6.20 Å². The van der Waals surface area contributed by atoms with Crippen LogP contribution in [0.3, 0.4) is 0 Å². The normalized spacial score (nSPS) is 13.4. The van der Waals surface area contributed by atoms with Crippen LogP contribution in [0.2, 0.25) is 0 Å². The number of amides is 1. The highest BCUT2D eigenvalue weighted by molar-refractivity contribution is 5.92. The number of carbonyl (C=O) groups is 1. The number of carbonyl (C=O) groups excluding carboxylic acids is 1. The van der Waals surface area contributed by atoms with Crippen molar-refractivity contribution in [2.45, 2.75) is 46.6 Å². The second-order valence-electron chi connectivity index (χ2n) is 7.11. The summed E-state index contributed by atoms with van der Waals surface area (Å²) in [5.41, 5.74) is 3.50. The Morgan fingerprint density at radius 1 is 1.35 bits per heavy atom. The molecule has 0 saturated heterocycles. The van der Waals surface area contributed by atoms with Crippen molar-refractivity contribution in [1.29, 1.82) is 5.26 Å². The van der Waals surface area contributed by atoms with Crippen LogP contribution in [0, 0.1) is 24.2 Å². The van der Waals surface area contributed by atoms with Crippen LogP contribution in [0.25, 0.3) is 0 Å². The van der Waals surface area contributed by atoms with Crippen molar-refractivity contribution in [1.82, 2.24) is 19.9 Å². The zero-order valence-electron chi connectivity index (χ0n) is 15.5. The topological polar surface area (TPSA) is 82.8 Å². The van der Waals surface area contributed by atoms with Crippen LogP contribution in [0.15, 0.2) is 18.3 Å². The first kappa shape index (κ1) is 18.0. The number of nitrogens with zero attached hydrogens (tertiary/aromatic N) is 5. The smallest absolute Gasteiger partial charge is 0.272 e. The lowest BCUT2D eigenvalue weighted by Crippen LogP contribution is -2.37. The zero-order chi connectivity index (χ0) is 18.7. The lowest BCUT2D eigenvalue weighted by atomic mass is 10.1.